The second kappa shape index (κ2) is 4.00. The zero-order valence-electron chi connectivity index (χ0n) is 6.65. The zero-order chi connectivity index (χ0) is 8.32. The SMILES string of the molecule is CN1CCC[C@@](F)(COI)C1. The van der Waals surface area contributed by atoms with E-state index in [4.69, 9.17) is 3.07 Å². The first-order chi connectivity index (χ1) is 5.16. The van der Waals surface area contributed by atoms with E-state index in [1.165, 1.54) is 0 Å². The minimum absolute atomic E-state index is 0.220. The normalized spacial score (nSPS) is 34.1. The average molecular weight is 273 g/mol. The van der Waals surface area contributed by atoms with Gasteiger partial charge in [-0.2, -0.15) is 0 Å². The zero-order valence-corrected chi connectivity index (χ0v) is 8.80. The van der Waals surface area contributed by atoms with Gasteiger partial charge in [0.15, 0.2) is 0 Å². The molecule has 0 bridgehead atoms. The van der Waals surface area contributed by atoms with Gasteiger partial charge in [-0.05, 0) is 26.4 Å². The van der Waals surface area contributed by atoms with Gasteiger partial charge in [0.25, 0.3) is 0 Å². The number of hydrogen-bond donors (Lipinski definition) is 0. The van der Waals surface area contributed by atoms with E-state index >= 15 is 0 Å². The molecule has 0 spiro atoms. The lowest BCUT2D eigenvalue weighted by molar-refractivity contribution is 0.0290. The maximum Gasteiger partial charge on any atom is 0.147 e. The number of likely N-dealkylation sites (tertiary alicyclic amines) is 1. The van der Waals surface area contributed by atoms with E-state index in [-0.39, 0.29) is 6.61 Å². The Bertz CT molecular complexity index is 132. The standard InChI is InChI=1S/C7H13FINO/c1-10-4-2-3-7(8,5-10)6-11-9/h2-6H2,1H3/t7-/m0/s1. The first-order valence-electron chi connectivity index (χ1n) is 3.77. The molecule has 11 heavy (non-hydrogen) atoms. The van der Waals surface area contributed by atoms with Gasteiger partial charge in [-0.25, -0.2) is 4.39 Å². The molecule has 0 radical (unpaired) electrons. The van der Waals surface area contributed by atoms with Crippen LogP contribution in [0.1, 0.15) is 12.8 Å². The molecule has 1 heterocycles. The molecule has 0 aromatic rings. The van der Waals surface area contributed by atoms with Crippen LogP contribution in [0.25, 0.3) is 0 Å². The van der Waals surface area contributed by atoms with E-state index in [1.807, 2.05) is 11.9 Å². The summed E-state index contributed by atoms with van der Waals surface area (Å²) in [4.78, 5) is 2.01. The van der Waals surface area contributed by atoms with E-state index in [9.17, 15) is 4.39 Å². The summed E-state index contributed by atoms with van der Waals surface area (Å²) in [5.74, 6) is 0. The minimum Gasteiger partial charge on any atom is -0.312 e. The predicted molar refractivity (Wildman–Crippen MR) is 50.5 cm³/mol. The second-order valence-electron chi connectivity index (χ2n) is 3.25. The van der Waals surface area contributed by atoms with Crippen molar-refractivity contribution < 1.29 is 7.46 Å². The van der Waals surface area contributed by atoms with Crippen LogP contribution in [0.15, 0.2) is 0 Å². The Morgan fingerprint density at radius 3 is 3.00 bits per heavy atom. The first kappa shape index (κ1) is 9.67. The molecule has 0 aromatic heterocycles. The van der Waals surface area contributed by atoms with E-state index in [0.29, 0.717) is 13.0 Å². The highest BCUT2D eigenvalue weighted by molar-refractivity contribution is 14.1. The molecule has 1 aliphatic rings. The lowest BCUT2D eigenvalue weighted by Gasteiger charge is -2.34. The molecule has 0 unspecified atom stereocenters. The highest BCUT2D eigenvalue weighted by atomic mass is 127. The summed E-state index contributed by atoms with van der Waals surface area (Å²) in [6, 6.07) is 0. The molecule has 2 nitrogen and oxygen atoms in total. The van der Waals surface area contributed by atoms with Crippen LogP contribution in [0.4, 0.5) is 4.39 Å². The van der Waals surface area contributed by atoms with Crippen molar-refractivity contribution in [2.24, 2.45) is 0 Å². The van der Waals surface area contributed by atoms with Crippen molar-refractivity contribution in [2.75, 3.05) is 26.7 Å². The summed E-state index contributed by atoms with van der Waals surface area (Å²) in [5, 5.41) is 0. The van der Waals surface area contributed by atoms with E-state index in [2.05, 4.69) is 0 Å². The Balaban J connectivity index is 2.41. The monoisotopic (exact) mass is 273 g/mol. The van der Waals surface area contributed by atoms with Crippen LogP contribution >= 0.6 is 23.0 Å². The smallest absolute Gasteiger partial charge is 0.147 e. The second-order valence-corrected chi connectivity index (χ2v) is 3.87. The molecule has 1 atom stereocenters. The predicted octanol–water partition coefficient (Wildman–Crippen LogP) is 1.79. The lowest BCUT2D eigenvalue weighted by Crippen LogP contribution is -2.45. The Kier molecular flexibility index (Phi) is 3.52. The van der Waals surface area contributed by atoms with Gasteiger partial charge >= 0.3 is 0 Å². The van der Waals surface area contributed by atoms with Crippen molar-refractivity contribution in [3.8, 4) is 0 Å². The third-order valence-corrected chi connectivity index (χ3v) is 2.34. The fraction of sp³-hybridized carbons (Fsp3) is 1.00. The van der Waals surface area contributed by atoms with Crippen molar-refractivity contribution >= 4 is 23.0 Å². The van der Waals surface area contributed by atoms with Gasteiger partial charge in [-0.1, -0.05) is 0 Å². The summed E-state index contributed by atoms with van der Waals surface area (Å²) < 4.78 is 18.5. The quantitative estimate of drug-likeness (QED) is 0.711. The third-order valence-electron chi connectivity index (χ3n) is 2.03. The molecule has 1 fully saturated rings. The Labute approximate surface area is 80.8 Å². The molecule has 0 saturated carbocycles. The van der Waals surface area contributed by atoms with Crippen molar-refractivity contribution in [2.45, 2.75) is 18.5 Å². The molecule has 0 N–H and O–H groups in total. The van der Waals surface area contributed by atoms with Gasteiger partial charge in [0.1, 0.15) is 28.7 Å². The number of halogens is 2. The highest BCUT2D eigenvalue weighted by Gasteiger charge is 2.34. The molecule has 0 aliphatic carbocycles. The summed E-state index contributed by atoms with van der Waals surface area (Å²) >= 11 is 1.75. The summed E-state index contributed by atoms with van der Waals surface area (Å²) in [7, 11) is 1.95. The number of piperidine rings is 1. The van der Waals surface area contributed by atoms with Crippen LogP contribution in [0.2, 0.25) is 0 Å². The molecule has 1 rings (SSSR count). The fourth-order valence-corrected chi connectivity index (χ4v) is 2.08. The fourth-order valence-electron chi connectivity index (χ4n) is 1.52. The van der Waals surface area contributed by atoms with Crippen LogP contribution < -0.4 is 0 Å². The molecule has 1 saturated heterocycles. The van der Waals surface area contributed by atoms with Gasteiger partial charge in [-0.3, -0.25) is 0 Å². The third kappa shape index (κ3) is 2.83. The Morgan fingerprint density at radius 1 is 1.73 bits per heavy atom. The number of rotatable bonds is 2. The molecular weight excluding hydrogens is 260 g/mol. The van der Waals surface area contributed by atoms with E-state index in [1.54, 1.807) is 23.0 Å². The summed E-state index contributed by atoms with van der Waals surface area (Å²) in [5.41, 5.74) is -1.10. The van der Waals surface area contributed by atoms with Crippen molar-refractivity contribution in [1.82, 2.24) is 4.90 Å². The molecule has 0 amide bonds. The van der Waals surface area contributed by atoms with Crippen molar-refractivity contribution in [3.05, 3.63) is 0 Å². The lowest BCUT2D eigenvalue weighted by atomic mass is 9.96. The van der Waals surface area contributed by atoms with Crippen LogP contribution in [0.5, 0.6) is 0 Å². The van der Waals surface area contributed by atoms with Crippen LogP contribution in [0.3, 0.4) is 0 Å². The average Bonchev–Trinajstić information content (AvgIpc) is 1.86. The first-order valence-corrected chi connectivity index (χ1v) is 4.65. The Morgan fingerprint density at radius 2 is 2.45 bits per heavy atom. The van der Waals surface area contributed by atoms with Gasteiger partial charge in [0, 0.05) is 6.54 Å². The largest absolute Gasteiger partial charge is 0.312 e. The molecule has 4 heteroatoms. The number of nitrogens with zero attached hydrogens (tertiary/aromatic N) is 1. The van der Waals surface area contributed by atoms with E-state index < -0.39 is 5.67 Å². The van der Waals surface area contributed by atoms with Crippen LogP contribution in [-0.4, -0.2) is 37.3 Å². The minimum atomic E-state index is -1.10. The van der Waals surface area contributed by atoms with Gasteiger partial charge in [0.2, 0.25) is 0 Å². The number of alkyl halides is 1. The van der Waals surface area contributed by atoms with Gasteiger partial charge in [-0.15, -0.1) is 0 Å². The van der Waals surface area contributed by atoms with Crippen LogP contribution in [-0.2, 0) is 3.07 Å². The molecule has 0 aromatic carbocycles. The summed E-state index contributed by atoms with van der Waals surface area (Å²) in [6.45, 7) is 1.74. The number of hydrogen-bond acceptors (Lipinski definition) is 2. The maximum absolute atomic E-state index is 13.7. The molecular formula is C7H13FINO. The Hall–Kier alpha value is 0.580. The molecule has 66 valence electrons. The maximum atomic E-state index is 13.7. The topological polar surface area (TPSA) is 12.5 Å². The van der Waals surface area contributed by atoms with E-state index in [0.717, 1.165) is 13.0 Å². The molecule has 1 aliphatic heterocycles. The highest BCUT2D eigenvalue weighted by Crippen LogP contribution is 2.25. The summed E-state index contributed by atoms with van der Waals surface area (Å²) in [6.07, 6.45) is 1.58. The van der Waals surface area contributed by atoms with Crippen molar-refractivity contribution in [3.63, 3.8) is 0 Å². The van der Waals surface area contributed by atoms with Gasteiger partial charge < -0.3 is 7.97 Å². The van der Waals surface area contributed by atoms with Gasteiger partial charge in [0.05, 0.1) is 6.61 Å². The van der Waals surface area contributed by atoms with Crippen molar-refractivity contribution in [1.29, 1.82) is 0 Å². The van der Waals surface area contributed by atoms with Crippen LogP contribution in [0, 0.1) is 0 Å².